The van der Waals surface area contributed by atoms with Crippen LogP contribution in [0.25, 0.3) is 0 Å². The van der Waals surface area contributed by atoms with E-state index in [0.717, 1.165) is 28.0 Å². The topological polar surface area (TPSA) is 32.3 Å². The first-order chi connectivity index (χ1) is 9.74. The predicted octanol–water partition coefficient (Wildman–Crippen LogP) is 3.45. The van der Waals surface area contributed by atoms with Crippen molar-refractivity contribution >= 4 is 33.2 Å². The van der Waals surface area contributed by atoms with Gasteiger partial charge in [0, 0.05) is 28.9 Å². The fourth-order valence-corrected chi connectivity index (χ4v) is 2.84. The molecule has 0 radical (unpaired) electrons. The third kappa shape index (κ3) is 2.70. The summed E-state index contributed by atoms with van der Waals surface area (Å²) >= 11 is 3.46. The molecule has 0 spiro atoms. The number of nitrogens with one attached hydrogen (secondary N) is 1. The maximum absolute atomic E-state index is 12.5. The van der Waals surface area contributed by atoms with Crippen LogP contribution in [0.15, 0.2) is 53.0 Å². The van der Waals surface area contributed by atoms with E-state index in [1.807, 2.05) is 53.4 Å². The average molecular weight is 331 g/mol. The summed E-state index contributed by atoms with van der Waals surface area (Å²) in [5.74, 6) is 0.136. The van der Waals surface area contributed by atoms with Crippen molar-refractivity contribution in [3.63, 3.8) is 0 Å². The number of carbonyl (C=O) groups is 1. The largest absolute Gasteiger partial charge is 0.383 e. The van der Waals surface area contributed by atoms with Gasteiger partial charge in [-0.05, 0) is 29.8 Å². The van der Waals surface area contributed by atoms with Crippen molar-refractivity contribution in [2.24, 2.45) is 0 Å². The Morgan fingerprint density at radius 2 is 1.95 bits per heavy atom. The Kier molecular flexibility index (Phi) is 3.74. The first-order valence-corrected chi connectivity index (χ1v) is 7.41. The van der Waals surface area contributed by atoms with E-state index in [2.05, 4.69) is 21.2 Å². The Hall–Kier alpha value is -1.81. The van der Waals surface area contributed by atoms with Gasteiger partial charge in [-0.3, -0.25) is 4.79 Å². The Balaban J connectivity index is 1.91. The van der Waals surface area contributed by atoms with E-state index in [1.165, 1.54) is 0 Å². The van der Waals surface area contributed by atoms with Gasteiger partial charge in [-0.25, -0.2) is 0 Å². The highest BCUT2D eigenvalue weighted by Gasteiger charge is 2.19. The first kappa shape index (κ1) is 13.2. The quantitative estimate of drug-likeness (QED) is 0.868. The van der Waals surface area contributed by atoms with Crippen molar-refractivity contribution in [2.75, 3.05) is 23.3 Å². The minimum absolute atomic E-state index is 0.136. The molecule has 1 N–H and O–H groups in total. The van der Waals surface area contributed by atoms with Crippen LogP contribution in [-0.2, 0) is 11.2 Å². The second kappa shape index (κ2) is 5.67. The van der Waals surface area contributed by atoms with Gasteiger partial charge in [-0.2, -0.15) is 0 Å². The Morgan fingerprint density at radius 1 is 1.10 bits per heavy atom. The number of rotatable bonds is 1. The summed E-state index contributed by atoms with van der Waals surface area (Å²) < 4.78 is 0.984. The van der Waals surface area contributed by atoms with Crippen molar-refractivity contribution < 1.29 is 4.79 Å². The second-order valence-electron chi connectivity index (χ2n) is 4.79. The number of amides is 1. The van der Waals surface area contributed by atoms with Gasteiger partial charge in [0.25, 0.3) is 0 Å². The van der Waals surface area contributed by atoms with Crippen LogP contribution in [-0.4, -0.2) is 19.0 Å². The zero-order chi connectivity index (χ0) is 13.9. The number of para-hydroxylation sites is 1. The van der Waals surface area contributed by atoms with E-state index < -0.39 is 0 Å². The highest BCUT2D eigenvalue weighted by atomic mass is 79.9. The molecule has 4 heteroatoms. The van der Waals surface area contributed by atoms with E-state index >= 15 is 0 Å². The van der Waals surface area contributed by atoms with E-state index in [0.29, 0.717) is 13.0 Å². The number of hydrogen-bond donors (Lipinski definition) is 1. The van der Waals surface area contributed by atoms with Crippen molar-refractivity contribution in [1.29, 1.82) is 0 Å². The normalized spacial score (nSPS) is 15.1. The molecule has 3 rings (SSSR count). The molecule has 1 heterocycles. The molecular weight excluding hydrogens is 316 g/mol. The molecule has 0 aromatic heterocycles. The summed E-state index contributed by atoms with van der Waals surface area (Å²) in [6, 6.07) is 15.9. The van der Waals surface area contributed by atoms with Gasteiger partial charge < -0.3 is 10.2 Å². The molecule has 102 valence electrons. The fourth-order valence-electron chi connectivity index (χ4n) is 2.45. The average Bonchev–Trinajstić information content (AvgIpc) is 2.43. The summed E-state index contributed by atoms with van der Waals surface area (Å²) in [6.45, 7) is 1.42. The number of fused-ring (bicyclic) bond motifs is 1. The van der Waals surface area contributed by atoms with Gasteiger partial charge in [-0.1, -0.05) is 40.2 Å². The summed E-state index contributed by atoms with van der Waals surface area (Å²) in [5.41, 5.74) is 3.05. The maximum atomic E-state index is 12.5. The number of nitrogens with zero attached hydrogens (tertiary/aromatic N) is 1. The van der Waals surface area contributed by atoms with E-state index in [4.69, 9.17) is 0 Å². The van der Waals surface area contributed by atoms with Crippen molar-refractivity contribution in [3.8, 4) is 0 Å². The molecule has 3 nitrogen and oxygen atoms in total. The lowest BCUT2D eigenvalue weighted by Crippen LogP contribution is -2.38. The Morgan fingerprint density at radius 3 is 2.80 bits per heavy atom. The monoisotopic (exact) mass is 330 g/mol. The van der Waals surface area contributed by atoms with Crippen LogP contribution in [0.5, 0.6) is 0 Å². The maximum Gasteiger partial charge on any atom is 0.231 e. The highest BCUT2D eigenvalue weighted by molar-refractivity contribution is 9.10. The number of anilines is 2. The molecule has 2 aromatic rings. The SMILES string of the molecule is O=C1Cc2ccccc2NCCN1c1cccc(Br)c1. The molecule has 0 saturated heterocycles. The van der Waals surface area contributed by atoms with E-state index in [9.17, 15) is 4.79 Å². The van der Waals surface area contributed by atoms with Gasteiger partial charge in [0.05, 0.1) is 6.42 Å². The van der Waals surface area contributed by atoms with Crippen LogP contribution in [0.4, 0.5) is 11.4 Å². The molecule has 2 aromatic carbocycles. The Bertz CT molecular complexity index is 642. The number of hydrogen-bond acceptors (Lipinski definition) is 2. The highest BCUT2D eigenvalue weighted by Crippen LogP contribution is 2.24. The fraction of sp³-hybridized carbons (Fsp3) is 0.188. The molecule has 0 saturated carbocycles. The van der Waals surface area contributed by atoms with Gasteiger partial charge in [0.15, 0.2) is 0 Å². The smallest absolute Gasteiger partial charge is 0.231 e. The third-order valence-corrected chi connectivity index (χ3v) is 3.92. The minimum Gasteiger partial charge on any atom is -0.383 e. The summed E-state index contributed by atoms with van der Waals surface area (Å²) in [4.78, 5) is 14.4. The molecule has 0 aliphatic carbocycles. The van der Waals surface area contributed by atoms with Gasteiger partial charge >= 0.3 is 0 Å². The van der Waals surface area contributed by atoms with Gasteiger partial charge in [-0.15, -0.1) is 0 Å². The molecule has 0 bridgehead atoms. The molecule has 0 unspecified atom stereocenters. The second-order valence-corrected chi connectivity index (χ2v) is 5.70. The molecule has 1 aliphatic rings. The van der Waals surface area contributed by atoms with Gasteiger partial charge in [0.1, 0.15) is 0 Å². The zero-order valence-corrected chi connectivity index (χ0v) is 12.6. The molecule has 0 fully saturated rings. The lowest BCUT2D eigenvalue weighted by molar-refractivity contribution is -0.118. The Labute approximate surface area is 126 Å². The van der Waals surface area contributed by atoms with Crippen molar-refractivity contribution in [1.82, 2.24) is 0 Å². The molecular formula is C16H15BrN2O. The molecule has 1 aliphatic heterocycles. The standard InChI is InChI=1S/C16H15BrN2O/c17-13-5-3-6-14(11-13)19-9-8-18-15-7-2-1-4-12(15)10-16(19)20/h1-7,11,18H,8-10H2. The van der Waals surface area contributed by atoms with E-state index in [-0.39, 0.29) is 5.91 Å². The van der Waals surface area contributed by atoms with Gasteiger partial charge in [0.2, 0.25) is 5.91 Å². The van der Waals surface area contributed by atoms with Crippen molar-refractivity contribution in [2.45, 2.75) is 6.42 Å². The molecule has 20 heavy (non-hydrogen) atoms. The van der Waals surface area contributed by atoms with Crippen LogP contribution in [0.2, 0.25) is 0 Å². The van der Waals surface area contributed by atoms with Crippen LogP contribution >= 0.6 is 15.9 Å². The number of halogens is 1. The molecule has 0 atom stereocenters. The van der Waals surface area contributed by atoms with Crippen LogP contribution in [0.3, 0.4) is 0 Å². The summed E-state index contributed by atoms with van der Waals surface area (Å²) in [5, 5.41) is 3.39. The number of benzene rings is 2. The van der Waals surface area contributed by atoms with Crippen LogP contribution < -0.4 is 10.2 Å². The van der Waals surface area contributed by atoms with Crippen molar-refractivity contribution in [3.05, 3.63) is 58.6 Å². The zero-order valence-electron chi connectivity index (χ0n) is 11.0. The number of carbonyl (C=O) groups excluding carboxylic acids is 1. The first-order valence-electron chi connectivity index (χ1n) is 6.62. The third-order valence-electron chi connectivity index (χ3n) is 3.43. The van der Waals surface area contributed by atoms with Crippen LogP contribution in [0.1, 0.15) is 5.56 Å². The van der Waals surface area contributed by atoms with E-state index in [1.54, 1.807) is 0 Å². The predicted molar refractivity (Wildman–Crippen MR) is 85.1 cm³/mol. The van der Waals surface area contributed by atoms with Crippen LogP contribution in [0, 0.1) is 0 Å². The molecule has 1 amide bonds. The lowest BCUT2D eigenvalue weighted by Gasteiger charge is -2.27. The summed E-state index contributed by atoms with van der Waals surface area (Å²) in [7, 11) is 0. The summed E-state index contributed by atoms with van der Waals surface area (Å²) in [6.07, 6.45) is 0.426. The minimum atomic E-state index is 0.136. The lowest BCUT2D eigenvalue weighted by atomic mass is 10.1.